The predicted octanol–water partition coefficient (Wildman–Crippen LogP) is 2.33. The molecule has 2 rings (SSSR count). The molecule has 0 aliphatic rings. The van der Waals surface area contributed by atoms with Crippen LogP contribution in [-0.2, 0) is 6.54 Å². The number of rotatable bonds is 6. The summed E-state index contributed by atoms with van der Waals surface area (Å²) in [5.41, 5.74) is 2.22. The molecule has 0 unspecified atom stereocenters. The molecule has 2 N–H and O–H groups in total. The number of ether oxygens (including phenoxy) is 1. The van der Waals surface area contributed by atoms with Crippen LogP contribution in [0.5, 0.6) is 5.75 Å². The van der Waals surface area contributed by atoms with Crippen molar-refractivity contribution in [3.63, 3.8) is 0 Å². The first-order valence-electron chi connectivity index (χ1n) is 7.16. The third-order valence-electron chi connectivity index (χ3n) is 2.97. The van der Waals surface area contributed by atoms with E-state index in [4.69, 9.17) is 4.74 Å². The molecule has 1 aromatic heterocycles. The summed E-state index contributed by atoms with van der Waals surface area (Å²) in [5, 5.41) is 9.79. The molecule has 0 saturated heterocycles. The molecule has 0 atom stereocenters. The zero-order valence-electron chi connectivity index (χ0n) is 12.6. The molecule has 21 heavy (non-hydrogen) atoms. The molecule has 0 aliphatic heterocycles. The van der Waals surface area contributed by atoms with Gasteiger partial charge in [0.25, 0.3) is 5.56 Å². The number of benzene rings is 1. The van der Waals surface area contributed by atoms with Crippen LogP contribution in [0, 0.1) is 0 Å². The van der Waals surface area contributed by atoms with Crippen molar-refractivity contribution in [1.29, 1.82) is 0 Å². The number of aromatic nitrogens is 2. The first kappa shape index (κ1) is 15.3. The molecule has 0 saturated carbocycles. The zero-order chi connectivity index (χ0) is 15.2. The van der Waals surface area contributed by atoms with Gasteiger partial charge in [0.05, 0.1) is 11.8 Å². The summed E-state index contributed by atoms with van der Waals surface area (Å²) in [5.74, 6) is 0.825. The molecule has 1 aromatic carbocycles. The van der Waals surface area contributed by atoms with Crippen LogP contribution in [0.1, 0.15) is 26.3 Å². The van der Waals surface area contributed by atoms with Crippen LogP contribution < -0.4 is 15.6 Å². The molecule has 2 aromatic rings. The van der Waals surface area contributed by atoms with Crippen molar-refractivity contribution in [1.82, 2.24) is 15.5 Å². The highest BCUT2D eigenvalue weighted by molar-refractivity contribution is 5.60. The minimum atomic E-state index is -0.153. The van der Waals surface area contributed by atoms with E-state index in [1.54, 1.807) is 0 Å². The van der Waals surface area contributed by atoms with Crippen molar-refractivity contribution >= 4 is 0 Å². The van der Waals surface area contributed by atoms with Gasteiger partial charge >= 0.3 is 0 Å². The number of hydrogen-bond acceptors (Lipinski definition) is 4. The topological polar surface area (TPSA) is 67.0 Å². The first-order valence-corrected chi connectivity index (χ1v) is 7.16. The molecule has 0 amide bonds. The molecular formula is C16H21N3O2. The van der Waals surface area contributed by atoms with E-state index in [0.717, 1.165) is 23.6 Å². The Bertz CT molecular complexity index is 633. The summed E-state index contributed by atoms with van der Waals surface area (Å²) < 4.78 is 5.61. The van der Waals surface area contributed by atoms with Gasteiger partial charge in [0.1, 0.15) is 5.75 Å². The van der Waals surface area contributed by atoms with Crippen molar-refractivity contribution in [2.45, 2.75) is 33.4 Å². The summed E-state index contributed by atoms with van der Waals surface area (Å²) in [4.78, 5) is 11.7. The molecule has 5 nitrogen and oxygen atoms in total. The number of nitrogens with zero attached hydrogens (tertiary/aromatic N) is 1. The van der Waals surface area contributed by atoms with Crippen molar-refractivity contribution in [3.05, 3.63) is 46.2 Å². The second-order valence-corrected chi connectivity index (χ2v) is 5.08. The predicted molar refractivity (Wildman–Crippen MR) is 83.4 cm³/mol. The SMILES string of the molecule is CCNCc1cc(-c2ccc(OC(C)C)cc2)n[nH]c1=O. The minimum absolute atomic E-state index is 0.147. The van der Waals surface area contributed by atoms with E-state index in [1.807, 2.05) is 51.1 Å². The van der Waals surface area contributed by atoms with Gasteiger partial charge in [-0.2, -0.15) is 5.10 Å². The monoisotopic (exact) mass is 287 g/mol. The quantitative estimate of drug-likeness (QED) is 0.855. The van der Waals surface area contributed by atoms with Gasteiger partial charge in [-0.05, 0) is 50.7 Å². The maximum Gasteiger partial charge on any atom is 0.268 e. The van der Waals surface area contributed by atoms with Gasteiger partial charge in [0.15, 0.2) is 0 Å². The van der Waals surface area contributed by atoms with Crippen LogP contribution in [0.2, 0.25) is 0 Å². The normalized spacial score (nSPS) is 10.9. The average Bonchev–Trinajstić information content (AvgIpc) is 2.47. The fourth-order valence-electron chi connectivity index (χ4n) is 1.96. The highest BCUT2D eigenvalue weighted by Gasteiger charge is 2.06. The highest BCUT2D eigenvalue weighted by Crippen LogP contribution is 2.21. The van der Waals surface area contributed by atoms with Crippen molar-refractivity contribution in [3.8, 4) is 17.0 Å². The van der Waals surface area contributed by atoms with Gasteiger partial charge in [-0.3, -0.25) is 4.79 Å². The van der Waals surface area contributed by atoms with Crippen molar-refractivity contribution < 1.29 is 4.74 Å². The lowest BCUT2D eigenvalue weighted by Crippen LogP contribution is -2.21. The van der Waals surface area contributed by atoms with Gasteiger partial charge in [0, 0.05) is 17.7 Å². The Hall–Kier alpha value is -2.14. The number of nitrogens with one attached hydrogen (secondary N) is 2. The number of H-pyrrole nitrogens is 1. The molecule has 0 bridgehead atoms. The van der Waals surface area contributed by atoms with E-state index in [9.17, 15) is 4.79 Å². The van der Waals surface area contributed by atoms with Crippen molar-refractivity contribution in [2.24, 2.45) is 0 Å². The summed E-state index contributed by atoms with van der Waals surface area (Å²) in [7, 11) is 0. The third-order valence-corrected chi connectivity index (χ3v) is 2.97. The van der Waals surface area contributed by atoms with Gasteiger partial charge in [-0.15, -0.1) is 0 Å². The van der Waals surface area contributed by atoms with E-state index >= 15 is 0 Å². The standard InChI is InChI=1S/C16H21N3O2/c1-4-17-10-13-9-15(18-19-16(13)20)12-5-7-14(8-6-12)21-11(2)3/h5-9,11,17H,4,10H2,1-3H3,(H,19,20). The lowest BCUT2D eigenvalue weighted by molar-refractivity contribution is 0.242. The van der Waals surface area contributed by atoms with Crippen LogP contribution in [0.25, 0.3) is 11.3 Å². The minimum Gasteiger partial charge on any atom is -0.491 e. The Morgan fingerprint density at radius 2 is 2.00 bits per heavy atom. The number of aromatic amines is 1. The Balaban J connectivity index is 2.23. The molecule has 0 aliphatic carbocycles. The fraction of sp³-hybridized carbons (Fsp3) is 0.375. The summed E-state index contributed by atoms with van der Waals surface area (Å²) in [6, 6.07) is 9.52. The van der Waals surface area contributed by atoms with Gasteiger partial charge < -0.3 is 10.1 Å². The maximum absolute atomic E-state index is 11.7. The van der Waals surface area contributed by atoms with Crippen molar-refractivity contribution in [2.75, 3.05) is 6.54 Å². The summed E-state index contributed by atoms with van der Waals surface area (Å²) in [6.45, 7) is 7.34. The van der Waals surface area contributed by atoms with Crippen LogP contribution in [0.4, 0.5) is 0 Å². The van der Waals surface area contributed by atoms with E-state index in [2.05, 4.69) is 15.5 Å². The summed E-state index contributed by atoms with van der Waals surface area (Å²) >= 11 is 0. The van der Waals surface area contributed by atoms with Gasteiger partial charge in [-0.25, -0.2) is 5.10 Å². The fourth-order valence-corrected chi connectivity index (χ4v) is 1.96. The second kappa shape index (κ2) is 7.04. The van der Waals surface area contributed by atoms with E-state index in [0.29, 0.717) is 12.1 Å². The maximum atomic E-state index is 11.7. The Labute approximate surface area is 124 Å². The highest BCUT2D eigenvalue weighted by atomic mass is 16.5. The van der Waals surface area contributed by atoms with E-state index < -0.39 is 0 Å². The lowest BCUT2D eigenvalue weighted by Gasteiger charge is -2.10. The molecule has 1 heterocycles. The second-order valence-electron chi connectivity index (χ2n) is 5.08. The number of hydrogen-bond donors (Lipinski definition) is 2. The van der Waals surface area contributed by atoms with E-state index in [1.165, 1.54) is 0 Å². The summed E-state index contributed by atoms with van der Waals surface area (Å²) in [6.07, 6.45) is 0.147. The van der Waals surface area contributed by atoms with Gasteiger partial charge in [-0.1, -0.05) is 6.92 Å². The van der Waals surface area contributed by atoms with Crippen LogP contribution in [0.15, 0.2) is 35.1 Å². The Morgan fingerprint density at radius 1 is 1.29 bits per heavy atom. The molecule has 0 fully saturated rings. The lowest BCUT2D eigenvalue weighted by atomic mass is 10.1. The molecular weight excluding hydrogens is 266 g/mol. The molecule has 112 valence electrons. The zero-order valence-corrected chi connectivity index (χ0v) is 12.6. The first-order chi connectivity index (χ1) is 10.1. The average molecular weight is 287 g/mol. The molecule has 0 spiro atoms. The van der Waals surface area contributed by atoms with Crippen LogP contribution in [-0.4, -0.2) is 22.8 Å². The van der Waals surface area contributed by atoms with Crippen LogP contribution >= 0.6 is 0 Å². The molecule has 0 radical (unpaired) electrons. The smallest absolute Gasteiger partial charge is 0.268 e. The van der Waals surface area contributed by atoms with Crippen LogP contribution in [0.3, 0.4) is 0 Å². The largest absolute Gasteiger partial charge is 0.491 e. The Kier molecular flexibility index (Phi) is 5.11. The Morgan fingerprint density at radius 3 is 2.62 bits per heavy atom. The van der Waals surface area contributed by atoms with E-state index in [-0.39, 0.29) is 11.7 Å². The third kappa shape index (κ3) is 4.16. The van der Waals surface area contributed by atoms with Gasteiger partial charge in [0.2, 0.25) is 0 Å². The molecule has 5 heteroatoms.